The van der Waals surface area contributed by atoms with Crippen molar-refractivity contribution in [2.45, 2.75) is 25.7 Å². The minimum atomic E-state index is -0.122. The second-order valence-electron chi connectivity index (χ2n) is 15.8. The van der Waals surface area contributed by atoms with E-state index in [-0.39, 0.29) is 11.3 Å². The average molecular weight is 722 g/mol. The second kappa shape index (κ2) is 12.3. The summed E-state index contributed by atoms with van der Waals surface area (Å²) in [6.45, 7) is 4.68. The molecule has 1 aromatic heterocycles. The van der Waals surface area contributed by atoms with E-state index in [9.17, 15) is 5.11 Å². The molecule has 0 saturated heterocycles. The van der Waals surface area contributed by atoms with Gasteiger partial charge in [-0.3, -0.25) is 0 Å². The second-order valence-corrected chi connectivity index (χ2v) is 15.8. The van der Waals surface area contributed by atoms with Gasteiger partial charge in [0.15, 0.2) is 0 Å². The molecular formula is C53H39NO2. The first-order chi connectivity index (χ1) is 27.4. The van der Waals surface area contributed by atoms with Crippen LogP contribution in [0.5, 0.6) is 0 Å². The highest BCUT2D eigenvalue weighted by Crippen LogP contribution is 2.51. The predicted octanol–water partition coefficient (Wildman–Crippen LogP) is 12.5. The Balaban J connectivity index is 1.01. The Morgan fingerprint density at radius 2 is 1.25 bits per heavy atom. The summed E-state index contributed by atoms with van der Waals surface area (Å²) in [5, 5.41) is 15.6. The lowest BCUT2D eigenvalue weighted by Gasteiger charge is -2.30. The Hall–Kier alpha value is -6.84. The number of hydrogen-bond acceptors (Lipinski definition) is 3. The summed E-state index contributed by atoms with van der Waals surface area (Å²) in [6.07, 6.45) is 7.12. The van der Waals surface area contributed by atoms with Crippen molar-refractivity contribution in [1.29, 1.82) is 0 Å². The van der Waals surface area contributed by atoms with Gasteiger partial charge in [-0.1, -0.05) is 141 Å². The number of nitrogens with zero attached hydrogens (tertiary/aromatic N) is 1. The van der Waals surface area contributed by atoms with Crippen molar-refractivity contribution < 1.29 is 9.52 Å². The Labute approximate surface area is 326 Å². The van der Waals surface area contributed by atoms with Crippen molar-refractivity contribution in [3.63, 3.8) is 0 Å². The van der Waals surface area contributed by atoms with Gasteiger partial charge in [0.05, 0.1) is 0 Å². The molecule has 1 heterocycles. The lowest BCUT2D eigenvalue weighted by atomic mass is 9.77. The highest BCUT2D eigenvalue weighted by atomic mass is 16.3. The summed E-state index contributed by atoms with van der Waals surface area (Å²) < 4.78 is 6.42. The first kappa shape index (κ1) is 32.6. The maximum Gasteiger partial charge on any atom is 0.143 e. The van der Waals surface area contributed by atoms with Crippen LogP contribution in [0.4, 0.5) is 17.1 Å². The maximum absolute atomic E-state index is 11.1. The van der Waals surface area contributed by atoms with Crippen LogP contribution in [-0.4, -0.2) is 5.11 Å². The normalized spacial score (nSPS) is 16.3. The fourth-order valence-corrected chi connectivity index (χ4v) is 9.59. The standard InChI is InChI=1S/C53H39NO2/c1-53(2)47-16-7-5-12-42(47)43-29-27-38(32-48(43)53)54(37-25-20-35(21-26-37)41-14-9-15-46-44-13-6-8-17-50(44)56-52(41)46)36-23-18-34(19-24-36)39-30-31-49(55)51-40-11-4-3-10-33(40)22-28-45(39)51/h3-27,29-32,45,55H,28H2,1-2H3. The summed E-state index contributed by atoms with van der Waals surface area (Å²) in [5.41, 5.74) is 15.9. The molecule has 1 N–H and O–H groups in total. The van der Waals surface area contributed by atoms with Gasteiger partial charge in [0, 0.05) is 50.3 Å². The number of aliphatic hydroxyl groups is 1. The number of benzene rings is 7. The van der Waals surface area contributed by atoms with Crippen LogP contribution in [0.1, 0.15) is 37.0 Å². The van der Waals surface area contributed by atoms with E-state index in [0.717, 1.165) is 72.9 Å². The molecule has 8 aromatic rings. The molecule has 1 unspecified atom stereocenters. The molecular weight excluding hydrogens is 683 g/mol. The average Bonchev–Trinajstić information content (AvgIpc) is 3.73. The molecule has 11 rings (SSSR count). The Kier molecular flexibility index (Phi) is 7.18. The Morgan fingerprint density at radius 1 is 0.589 bits per heavy atom. The molecule has 0 aliphatic heterocycles. The zero-order valence-corrected chi connectivity index (χ0v) is 31.3. The molecule has 0 radical (unpaired) electrons. The third-order valence-corrected chi connectivity index (χ3v) is 12.4. The van der Waals surface area contributed by atoms with Crippen molar-refractivity contribution >= 4 is 56.2 Å². The van der Waals surface area contributed by atoms with Crippen LogP contribution >= 0.6 is 0 Å². The van der Waals surface area contributed by atoms with Gasteiger partial charge < -0.3 is 14.4 Å². The molecule has 0 amide bonds. The number of aliphatic hydroxyl groups excluding tert-OH is 1. The van der Waals surface area contributed by atoms with Gasteiger partial charge in [-0.05, 0) is 104 Å². The van der Waals surface area contributed by atoms with Gasteiger partial charge >= 0.3 is 0 Å². The van der Waals surface area contributed by atoms with Crippen LogP contribution < -0.4 is 15.3 Å². The highest BCUT2D eigenvalue weighted by molar-refractivity contribution is 6.09. The molecule has 0 bridgehead atoms. The van der Waals surface area contributed by atoms with Crippen LogP contribution in [0.25, 0.3) is 61.4 Å². The van der Waals surface area contributed by atoms with E-state index in [0.29, 0.717) is 5.76 Å². The quantitative estimate of drug-likeness (QED) is 0.192. The molecule has 0 spiro atoms. The molecule has 3 aliphatic carbocycles. The van der Waals surface area contributed by atoms with Crippen molar-refractivity contribution in [1.82, 2.24) is 0 Å². The van der Waals surface area contributed by atoms with Gasteiger partial charge in [-0.2, -0.15) is 0 Å². The summed E-state index contributed by atoms with van der Waals surface area (Å²) >= 11 is 0. The summed E-state index contributed by atoms with van der Waals surface area (Å²) in [5.74, 6) is 0.463. The molecule has 0 fully saturated rings. The highest BCUT2D eigenvalue weighted by Gasteiger charge is 2.36. The largest absolute Gasteiger partial charge is 0.508 e. The first-order valence-electron chi connectivity index (χ1n) is 19.5. The molecule has 3 heteroatoms. The number of fused-ring (bicyclic) bond motifs is 8. The van der Waals surface area contributed by atoms with Crippen molar-refractivity contribution in [3.05, 3.63) is 203 Å². The number of furan rings is 1. The third kappa shape index (κ3) is 4.90. The van der Waals surface area contributed by atoms with Gasteiger partial charge in [-0.15, -0.1) is 0 Å². The van der Waals surface area contributed by atoms with E-state index in [4.69, 9.17) is 4.42 Å². The van der Waals surface area contributed by atoms with Crippen molar-refractivity contribution in [3.8, 4) is 22.3 Å². The minimum Gasteiger partial charge on any atom is -0.508 e. The zero-order valence-electron chi connectivity index (χ0n) is 31.3. The number of anilines is 3. The predicted molar refractivity (Wildman–Crippen MR) is 232 cm³/mol. The molecule has 3 aliphatic rings. The SMILES string of the molecule is CC1(C)c2ccccc2-c2ccc(N(c3ccc(C4=CC=C(O)C5=c6ccccc6=CCC45)cc3)c3ccc(-c4cccc5c4oc4ccccc45)cc3)cc21. The van der Waals surface area contributed by atoms with Crippen molar-refractivity contribution in [2.75, 3.05) is 4.90 Å². The van der Waals surface area contributed by atoms with Gasteiger partial charge in [0.25, 0.3) is 0 Å². The van der Waals surface area contributed by atoms with E-state index < -0.39 is 0 Å². The van der Waals surface area contributed by atoms with Crippen LogP contribution in [0, 0.1) is 5.92 Å². The van der Waals surface area contributed by atoms with Crippen molar-refractivity contribution in [2.24, 2.45) is 5.92 Å². The van der Waals surface area contributed by atoms with E-state index in [1.807, 2.05) is 18.2 Å². The van der Waals surface area contributed by atoms with Crippen LogP contribution in [0.2, 0.25) is 0 Å². The molecule has 0 saturated carbocycles. The lowest BCUT2D eigenvalue weighted by Crippen LogP contribution is -2.34. The summed E-state index contributed by atoms with van der Waals surface area (Å²) in [6, 6.07) is 56.7. The smallest absolute Gasteiger partial charge is 0.143 e. The molecule has 7 aromatic carbocycles. The summed E-state index contributed by atoms with van der Waals surface area (Å²) in [4.78, 5) is 2.37. The molecule has 1 atom stereocenters. The van der Waals surface area contributed by atoms with Gasteiger partial charge in [-0.25, -0.2) is 0 Å². The minimum absolute atomic E-state index is 0.0983. The lowest BCUT2D eigenvalue weighted by molar-refractivity contribution is 0.429. The third-order valence-electron chi connectivity index (χ3n) is 12.4. The first-order valence-corrected chi connectivity index (χ1v) is 19.5. The Bertz CT molecular complexity index is 3090. The fraction of sp³-hybridized carbons (Fsp3) is 0.0943. The van der Waals surface area contributed by atoms with Gasteiger partial charge in [0.2, 0.25) is 0 Å². The van der Waals surface area contributed by atoms with E-state index in [1.165, 1.54) is 33.0 Å². The number of para-hydroxylation sites is 2. The van der Waals surface area contributed by atoms with Crippen LogP contribution in [0.3, 0.4) is 0 Å². The number of allylic oxidation sites excluding steroid dienone is 4. The maximum atomic E-state index is 11.1. The summed E-state index contributed by atoms with van der Waals surface area (Å²) in [7, 11) is 0. The molecule has 268 valence electrons. The molecule has 56 heavy (non-hydrogen) atoms. The monoisotopic (exact) mass is 721 g/mol. The number of hydrogen-bond donors (Lipinski definition) is 1. The Morgan fingerprint density at radius 3 is 2.09 bits per heavy atom. The van der Waals surface area contributed by atoms with E-state index in [1.54, 1.807) is 0 Å². The van der Waals surface area contributed by atoms with E-state index >= 15 is 0 Å². The number of rotatable bonds is 5. The van der Waals surface area contributed by atoms with Gasteiger partial charge in [0.1, 0.15) is 16.9 Å². The topological polar surface area (TPSA) is 36.6 Å². The zero-order chi connectivity index (χ0) is 37.5. The fourth-order valence-electron chi connectivity index (χ4n) is 9.59. The van der Waals surface area contributed by atoms with Crippen LogP contribution in [-0.2, 0) is 5.41 Å². The van der Waals surface area contributed by atoms with E-state index in [2.05, 4.69) is 176 Å². The van der Waals surface area contributed by atoms with Crippen LogP contribution in [0.15, 0.2) is 180 Å². The molecule has 3 nitrogen and oxygen atoms in total.